The first-order valence-corrected chi connectivity index (χ1v) is 5.79. The fraction of sp³-hybridized carbons (Fsp3) is 0.267. The van der Waals surface area contributed by atoms with Gasteiger partial charge in [0.2, 0.25) is 0 Å². The molecule has 0 bridgehead atoms. The minimum Gasteiger partial charge on any atom is -0.295 e. The van der Waals surface area contributed by atoms with Gasteiger partial charge in [0.1, 0.15) is 0 Å². The summed E-state index contributed by atoms with van der Waals surface area (Å²) in [5.74, 6) is -0.117. The van der Waals surface area contributed by atoms with Gasteiger partial charge in [0.25, 0.3) is 0 Å². The number of carbonyl (C=O) groups is 1. The lowest BCUT2D eigenvalue weighted by atomic mass is 10.0. The van der Waals surface area contributed by atoms with Crippen LogP contribution in [-0.4, -0.2) is 5.78 Å². The number of benzene rings is 1. The van der Waals surface area contributed by atoms with E-state index >= 15 is 0 Å². The summed E-state index contributed by atoms with van der Waals surface area (Å²) in [5, 5.41) is 0. The molecule has 1 aromatic rings. The number of halogens is 3. The van der Waals surface area contributed by atoms with Crippen molar-refractivity contribution < 1.29 is 18.0 Å². The summed E-state index contributed by atoms with van der Waals surface area (Å²) in [6.45, 7) is 4.82. The van der Waals surface area contributed by atoms with Crippen LogP contribution in [0.15, 0.2) is 42.0 Å². The highest BCUT2D eigenvalue weighted by Gasteiger charge is 2.30. The maximum absolute atomic E-state index is 12.6. The van der Waals surface area contributed by atoms with Crippen LogP contribution in [0.5, 0.6) is 0 Å². The first kappa shape index (κ1) is 15.2. The molecule has 0 atom stereocenters. The van der Waals surface area contributed by atoms with Crippen molar-refractivity contribution in [2.24, 2.45) is 0 Å². The molecule has 0 radical (unpaired) electrons. The molecule has 1 aromatic carbocycles. The van der Waals surface area contributed by atoms with E-state index in [0.29, 0.717) is 16.7 Å². The molecule has 4 heteroatoms. The van der Waals surface area contributed by atoms with E-state index in [-0.39, 0.29) is 5.78 Å². The van der Waals surface area contributed by atoms with Crippen molar-refractivity contribution in [3.8, 4) is 0 Å². The zero-order valence-corrected chi connectivity index (χ0v) is 11.0. The fourth-order valence-corrected chi connectivity index (χ4v) is 1.65. The third kappa shape index (κ3) is 4.09. The van der Waals surface area contributed by atoms with Gasteiger partial charge in [0.05, 0.1) is 5.56 Å². The van der Waals surface area contributed by atoms with Crippen LogP contribution in [0, 0.1) is 0 Å². The summed E-state index contributed by atoms with van der Waals surface area (Å²) < 4.78 is 37.8. The fourth-order valence-electron chi connectivity index (χ4n) is 1.65. The highest BCUT2D eigenvalue weighted by atomic mass is 19.4. The minimum absolute atomic E-state index is 0.117. The summed E-state index contributed by atoms with van der Waals surface area (Å²) in [6.07, 6.45) is -1.13. The van der Waals surface area contributed by atoms with Crippen LogP contribution in [0.4, 0.5) is 13.2 Å². The monoisotopic (exact) mass is 268 g/mol. The quantitative estimate of drug-likeness (QED) is 0.576. The van der Waals surface area contributed by atoms with Gasteiger partial charge in [-0.2, -0.15) is 13.2 Å². The standard InChI is InChI=1S/C15H15F3O/c1-4-12(11(3)19)8-10(2)13-6-5-7-14(9-13)15(16,17)18/h4-9H,1-3H3. The van der Waals surface area contributed by atoms with Crippen molar-refractivity contribution in [1.82, 2.24) is 0 Å². The third-order valence-corrected chi connectivity index (χ3v) is 2.73. The van der Waals surface area contributed by atoms with Gasteiger partial charge in [-0.1, -0.05) is 18.2 Å². The summed E-state index contributed by atoms with van der Waals surface area (Å²) in [7, 11) is 0. The molecule has 19 heavy (non-hydrogen) atoms. The molecule has 0 aliphatic heterocycles. The van der Waals surface area contributed by atoms with Crippen LogP contribution < -0.4 is 0 Å². The van der Waals surface area contributed by atoms with Gasteiger partial charge in [-0.3, -0.25) is 4.79 Å². The van der Waals surface area contributed by atoms with Gasteiger partial charge >= 0.3 is 6.18 Å². The topological polar surface area (TPSA) is 17.1 Å². The molecule has 0 aliphatic carbocycles. The Labute approximate surface area is 110 Å². The van der Waals surface area contributed by atoms with Gasteiger partial charge in [0.15, 0.2) is 5.78 Å². The van der Waals surface area contributed by atoms with E-state index in [1.165, 1.54) is 13.0 Å². The summed E-state index contributed by atoms with van der Waals surface area (Å²) in [6, 6.07) is 5.06. The van der Waals surface area contributed by atoms with Gasteiger partial charge in [0, 0.05) is 5.57 Å². The second-order valence-electron chi connectivity index (χ2n) is 4.21. The molecule has 0 saturated carbocycles. The smallest absolute Gasteiger partial charge is 0.295 e. The normalized spacial score (nSPS) is 13.6. The number of alkyl halides is 3. The Hall–Kier alpha value is -1.84. The van der Waals surface area contributed by atoms with Crippen molar-refractivity contribution in [1.29, 1.82) is 0 Å². The maximum atomic E-state index is 12.6. The first-order chi connectivity index (χ1) is 8.75. The van der Waals surface area contributed by atoms with Crippen LogP contribution in [0.3, 0.4) is 0 Å². The van der Waals surface area contributed by atoms with E-state index in [1.807, 2.05) is 0 Å². The van der Waals surface area contributed by atoms with Crippen LogP contribution in [0.2, 0.25) is 0 Å². The molecule has 0 aromatic heterocycles. The molecule has 0 heterocycles. The molecule has 0 N–H and O–H groups in total. The van der Waals surface area contributed by atoms with Crippen LogP contribution >= 0.6 is 0 Å². The first-order valence-electron chi connectivity index (χ1n) is 5.79. The van der Waals surface area contributed by atoms with E-state index < -0.39 is 11.7 Å². The number of ketones is 1. The Morgan fingerprint density at radius 1 is 1.21 bits per heavy atom. The number of hydrogen-bond donors (Lipinski definition) is 0. The van der Waals surface area contributed by atoms with E-state index in [9.17, 15) is 18.0 Å². The summed E-state index contributed by atoms with van der Waals surface area (Å²) in [5.41, 5.74) is 0.863. The van der Waals surface area contributed by atoms with Crippen molar-refractivity contribution in [3.05, 3.63) is 53.1 Å². The average molecular weight is 268 g/mol. The van der Waals surface area contributed by atoms with Gasteiger partial charge < -0.3 is 0 Å². The maximum Gasteiger partial charge on any atom is 0.416 e. The van der Waals surface area contributed by atoms with E-state index in [2.05, 4.69) is 0 Å². The highest BCUT2D eigenvalue weighted by molar-refractivity contribution is 5.97. The largest absolute Gasteiger partial charge is 0.416 e. The Bertz CT molecular complexity index is 537. The van der Waals surface area contributed by atoms with Crippen molar-refractivity contribution in [2.75, 3.05) is 0 Å². The van der Waals surface area contributed by atoms with E-state index in [4.69, 9.17) is 0 Å². The minimum atomic E-state index is -4.36. The Kier molecular flexibility index (Phi) is 4.70. The van der Waals surface area contributed by atoms with Crippen molar-refractivity contribution in [3.63, 3.8) is 0 Å². The van der Waals surface area contributed by atoms with Crippen LogP contribution in [0.25, 0.3) is 5.57 Å². The molecular weight excluding hydrogens is 253 g/mol. The second kappa shape index (κ2) is 5.87. The molecule has 0 saturated heterocycles. The molecule has 102 valence electrons. The number of carbonyl (C=O) groups excluding carboxylic acids is 1. The second-order valence-corrected chi connectivity index (χ2v) is 4.21. The predicted octanol–water partition coefficient (Wildman–Crippen LogP) is 4.64. The molecule has 1 rings (SSSR count). The van der Waals surface area contributed by atoms with E-state index in [0.717, 1.165) is 12.1 Å². The van der Waals surface area contributed by atoms with Crippen molar-refractivity contribution >= 4 is 11.4 Å². The van der Waals surface area contributed by atoms with Crippen LogP contribution in [-0.2, 0) is 11.0 Å². The lowest BCUT2D eigenvalue weighted by Gasteiger charge is -2.09. The number of rotatable bonds is 3. The third-order valence-electron chi connectivity index (χ3n) is 2.73. The number of allylic oxidation sites excluding steroid dienone is 4. The zero-order valence-electron chi connectivity index (χ0n) is 11.0. The van der Waals surface area contributed by atoms with Gasteiger partial charge in [-0.05, 0) is 50.1 Å². The van der Waals surface area contributed by atoms with Crippen LogP contribution in [0.1, 0.15) is 31.9 Å². The Balaban J connectivity index is 3.17. The summed E-state index contributed by atoms with van der Waals surface area (Å²) in [4.78, 5) is 11.3. The molecule has 0 amide bonds. The molecule has 0 spiro atoms. The Morgan fingerprint density at radius 2 is 1.84 bits per heavy atom. The van der Waals surface area contributed by atoms with Gasteiger partial charge in [-0.15, -0.1) is 0 Å². The van der Waals surface area contributed by atoms with E-state index in [1.54, 1.807) is 32.1 Å². The zero-order chi connectivity index (χ0) is 14.6. The number of hydrogen-bond acceptors (Lipinski definition) is 1. The SMILES string of the molecule is CC=C(C=C(C)c1cccc(C(F)(F)F)c1)C(C)=O. The molecule has 0 fully saturated rings. The highest BCUT2D eigenvalue weighted by Crippen LogP contribution is 2.31. The summed E-state index contributed by atoms with van der Waals surface area (Å²) >= 11 is 0. The predicted molar refractivity (Wildman–Crippen MR) is 69.5 cm³/mol. The molecule has 0 unspecified atom stereocenters. The lowest BCUT2D eigenvalue weighted by molar-refractivity contribution is -0.137. The number of Topliss-reactive ketones (excluding diaryl/α,β-unsaturated/α-hetero) is 1. The average Bonchev–Trinajstić information content (AvgIpc) is 2.34. The lowest BCUT2D eigenvalue weighted by Crippen LogP contribution is -2.05. The molecule has 1 nitrogen and oxygen atoms in total. The molecule has 0 aliphatic rings. The molecular formula is C15H15F3O. The van der Waals surface area contributed by atoms with Crippen molar-refractivity contribution in [2.45, 2.75) is 26.9 Å². The Morgan fingerprint density at radius 3 is 2.32 bits per heavy atom. The van der Waals surface area contributed by atoms with Gasteiger partial charge in [-0.25, -0.2) is 0 Å².